The summed E-state index contributed by atoms with van der Waals surface area (Å²) in [5.74, 6) is 0.570. The zero-order chi connectivity index (χ0) is 7.82. The Morgan fingerprint density at radius 2 is 2.30 bits per heavy atom. The summed E-state index contributed by atoms with van der Waals surface area (Å²) in [6.07, 6.45) is 3.82. The molecule has 0 aromatic carbocycles. The van der Waals surface area contributed by atoms with Crippen LogP contribution in [0.25, 0.3) is 0 Å². The molecule has 10 heavy (non-hydrogen) atoms. The third kappa shape index (κ3) is 5.76. The van der Waals surface area contributed by atoms with Gasteiger partial charge in [-0.15, -0.1) is 0 Å². The summed E-state index contributed by atoms with van der Waals surface area (Å²) in [4.78, 5) is 4.09. The van der Waals surface area contributed by atoms with Crippen LogP contribution in [0, 0.1) is 5.92 Å². The second-order valence-corrected chi connectivity index (χ2v) is 2.53. The molecule has 0 saturated heterocycles. The third-order valence-corrected chi connectivity index (χ3v) is 1.44. The quantitative estimate of drug-likeness (QED) is 0.581. The summed E-state index contributed by atoms with van der Waals surface area (Å²) in [7, 11) is 0. The molecule has 1 atom stereocenters. The minimum atomic E-state index is 0.293. The van der Waals surface area contributed by atoms with E-state index in [0.717, 1.165) is 19.4 Å². The van der Waals surface area contributed by atoms with Gasteiger partial charge in [-0.1, -0.05) is 6.92 Å². The highest BCUT2D eigenvalue weighted by molar-refractivity contribution is 5.57. The average molecular weight is 143 g/mol. The van der Waals surface area contributed by atoms with E-state index >= 15 is 0 Å². The first-order valence-corrected chi connectivity index (χ1v) is 3.90. The SMILES string of the molecule is CCN=CCC(C)CCO. The van der Waals surface area contributed by atoms with Gasteiger partial charge >= 0.3 is 0 Å². The monoisotopic (exact) mass is 143 g/mol. The van der Waals surface area contributed by atoms with E-state index < -0.39 is 0 Å². The molecule has 0 aliphatic rings. The van der Waals surface area contributed by atoms with Gasteiger partial charge in [0, 0.05) is 13.2 Å². The van der Waals surface area contributed by atoms with Gasteiger partial charge in [0.2, 0.25) is 0 Å². The molecule has 0 heterocycles. The number of rotatable bonds is 5. The Morgan fingerprint density at radius 1 is 1.60 bits per heavy atom. The standard InChI is InChI=1S/C8H17NO/c1-3-9-6-4-8(2)5-7-10/h6,8,10H,3-5,7H2,1-2H3. The summed E-state index contributed by atoms with van der Waals surface area (Å²) in [5, 5.41) is 8.55. The second kappa shape index (κ2) is 6.75. The zero-order valence-corrected chi connectivity index (χ0v) is 6.88. The maximum Gasteiger partial charge on any atom is 0.0433 e. The molecular formula is C8H17NO. The summed E-state index contributed by atoms with van der Waals surface area (Å²) in [6.45, 7) is 5.30. The lowest BCUT2D eigenvalue weighted by Crippen LogP contribution is -1.98. The summed E-state index contributed by atoms with van der Waals surface area (Å²) in [6, 6.07) is 0. The molecule has 0 rings (SSSR count). The molecule has 60 valence electrons. The van der Waals surface area contributed by atoms with Crippen molar-refractivity contribution >= 4 is 6.21 Å². The van der Waals surface area contributed by atoms with E-state index in [1.54, 1.807) is 0 Å². The van der Waals surface area contributed by atoms with Gasteiger partial charge in [0.05, 0.1) is 0 Å². The van der Waals surface area contributed by atoms with Gasteiger partial charge < -0.3 is 5.11 Å². The lowest BCUT2D eigenvalue weighted by atomic mass is 10.1. The third-order valence-electron chi connectivity index (χ3n) is 1.44. The summed E-state index contributed by atoms with van der Waals surface area (Å²) >= 11 is 0. The van der Waals surface area contributed by atoms with Crippen molar-refractivity contribution in [2.45, 2.75) is 26.7 Å². The Balaban J connectivity index is 3.20. The van der Waals surface area contributed by atoms with E-state index in [-0.39, 0.29) is 0 Å². The summed E-state index contributed by atoms with van der Waals surface area (Å²) in [5.41, 5.74) is 0. The number of aliphatic hydroxyl groups excluding tert-OH is 1. The topological polar surface area (TPSA) is 32.6 Å². The van der Waals surface area contributed by atoms with Crippen LogP contribution < -0.4 is 0 Å². The fourth-order valence-corrected chi connectivity index (χ4v) is 0.722. The predicted molar refractivity (Wildman–Crippen MR) is 44.5 cm³/mol. The van der Waals surface area contributed by atoms with Crippen molar-refractivity contribution in [3.05, 3.63) is 0 Å². The van der Waals surface area contributed by atoms with Crippen molar-refractivity contribution < 1.29 is 5.11 Å². The second-order valence-electron chi connectivity index (χ2n) is 2.53. The Kier molecular flexibility index (Phi) is 6.50. The Bertz CT molecular complexity index is 91.3. The van der Waals surface area contributed by atoms with Gasteiger partial charge in [0.15, 0.2) is 0 Å². The first-order valence-electron chi connectivity index (χ1n) is 3.90. The van der Waals surface area contributed by atoms with Crippen LogP contribution in [0.1, 0.15) is 26.7 Å². The molecular weight excluding hydrogens is 126 g/mol. The Morgan fingerprint density at radius 3 is 2.80 bits per heavy atom. The highest BCUT2D eigenvalue weighted by atomic mass is 16.2. The van der Waals surface area contributed by atoms with Crippen LogP contribution >= 0.6 is 0 Å². The van der Waals surface area contributed by atoms with Crippen LogP contribution in [0.15, 0.2) is 4.99 Å². The van der Waals surface area contributed by atoms with E-state index in [2.05, 4.69) is 11.9 Å². The van der Waals surface area contributed by atoms with Crippen molar-refractivity contribution in [3.63, 3.8) is 0 Å². The molecule has 0 amide bonds. The molecule has 0 fully saturated rings. The van der Waals surface area contributed by atoms with Gasteiger partial charge in [-0.05, 0) is 31.9 Å². The average Bonchev–Trinajstić information content (AvgIpc) is 1.89. The van der Waals surface area contributed by atoms with Crippen LogP contribution in [0.3, 0.4) is 0 Å². The van der Waals surface area contributed by atoms with E-state index in [1.165, 1.54) is 0 Å². The van der Waals surface area contributed by atoms with Gasteiger partial charge in [-0.25, -0.2) is 0 Å². The maximum absolute atomic E-state index is 8.55. The molecule has 1 N–H and O–H groups in total. The molecule has 2 heteroatoms. The smallest absolute Gasteiger partial charge is 0.0433 e. The number of hydrogen-bond acceptors (Lipinski definition) is 2. The van der Waals surface area contributed by atoms with Crippen LogP contribution in [0.4, 0.5) is 0 Å². The van der Waals surface area contributed by atoms with Gasteiger partial charge in [-0.3, -0.25) is 4.99 Å². The molecule has 0 aliphatic carbocycles. The molecule has 0 aromatic heterocycles. The Hall–Kier alpha value is -0.370. The highest BCUT2D eigenvalue weighted by Crippen LogP contribution is 2.03. The predicted octanol–water partition coefficient (Wildman–Crippen LogP) is 1.49. The fourth-order valence-electron chi connectivity index (χ4n) is 0.722. The van der Waals surface area contributed by atoms with E-state index in [9.17, 15) is 0 Å². The van der Waals surface area contributed by atoms with Crippen molar-refractivity contribution in [3.8, 4) is 0 Å². The maximum atomic E-state index is 8.55. The molecule has 0 saturated carbocycles. The minimum Gasteiger partial charge on any atom is -0.396 e. The number of aliphatic hydroxyl groups is 1. The van der Waals surface area contributed by atoms with E-state index in [4.69, 9.17) is 5.11 Å². The van der Waals surface area contributed by atoms with E-state index in [0.29, 0.717) is 12.5 Å². The van der Waals surface area contributed by atoms with Gasteiger partial charge in [-0.2, -0.15) is 0 Å². The summed E-state index contributed by atoms with van der Waals surface area (Å²) < 4.78 is 0. The molecule has 0 bridgehead atoms. The molecule has 0 aliphatic heterocycles. The number of hydrogen-bond donors (Lipinski definition) is 1. The highest BCUT2D eigenvalue weighted by Gasteiger charge is 1.96. The first kappa shape index (κ1) is 9.63. The minimum absolute atomic E-state index is 0.293. The van der Waals surface area contributed by atoms with Crippen molar-refractivity contribution in [2.24, 2.45) is 10.9 Å². The molecule has 2 nitrogen and oxygen atoms in total. The normalized spacial score (nSPS) is 14.3. The van der Waals surface area contributed by atoms with Crippen LogP contribution in [0.5, 0.6) is 0 Å². The molecule has 0 aromatic rings. The van der Waals surface area contributed by atoms with Crippen LogP contribution in [0.2, 0.25) is 0 Å². The number of nitrogens with zero attached hydrogens (tertiary/aromatic N) is 1. The fraction of sp³-hybridized carbons (Fsp3) is 0.875. The zero-order valence-electron chi connectivity index (χ0n) is 6.88. The lowest BCUT2D eigenvalue weighted by molar-refractivity contribution is 0.265. The van der Waals surface area contributed by atoms with Gasteiger partial charge in [0.25, 0.3) is 0 Å². The first-order chi connectivity index (χ1) is 4.81. The van der Waals surface area contributed by atoms with Crippen molar-refractivity contribution in [1.29, 1.82) is 0 Å². The van der Waals surface area contributed by atoms with Crippen molar-refractivity contribution in [2.75, 3.05) is 13.2 Å². The Labute approximate surface area is 63.0 Å². The van der Waals surface area contributed by atoms with Gasteiger partial charge in [0.1, 0.15) is 0 Å². The van der Waals surface area contributed by atoms with Crippen LogP contribution in [-0.4, -0.2) is 24.5 Å². The van der Waals surface area contributed by atoms with Crippen molar-refractivity contribution in [1.82, 2.24) is 0 Å². The lowest BCUT2D eigenvalue weighted by Gasteiger charge is -2.03. The molecule has 1 unspecified atom stereocenters. The molecule has 0 radical (unpaired) electrons. The van der Waals surface area contributed by atoms with Crippen LogP contribution in [-0.2, 0) is 0 Å². The van der Waals surface area contributed by atoms with E-state index in [1.807, 2.05) is 13.1 Å². The largest absolute Gasteiger partial charge is 0.396 e. The number of aliphatic imine (C=N–C) groups is 1. The molecule has 0 spiro atoms.